The molecule has 5 heteroatoms. The van der Waals surface area contributed by atoms with Crippen LogP contribution in [0.2, 0.25) is 0 Å². The average Bonchev–Trinajstić information content (AvgIpc) is 2.81. The summed E-state index contributed by atoms with van der Waals surface area (Å²) in [5.74, 6) is 0. The normalized spacial score (nSPS) is 17.2. The first-order valence-corrected chi connectivity index (χ1v) is 5.81. The van der Waals surface area contributed by atoms with Crippen LogP contribution in [0.1, 0.15) is 31.4 Å². The molecule has 1 aromatic rings. The van der Waals surface area contributed by atoms with E-state index in [2.05, 4.69) is 0 Å². The fourth-order valence-electron chi connectivity index (χ4n) is 2.17. The lowest BCUT2D eigenvalue weighted by atomic mass is 10.1. The lowest BCUT2D eigenvalue weighted by molar-refractivity contribution is -0.384. The van der Waals surface area contributed by atoms with E-state index in [-0.39, 0.29) is 10.6 Å². The topological polar surface area (TPSA) is 66.6 Å². The van der Waals surface area contributed by atoms with Crippen molar-refractivity contribution in [2.75, 3.05) is 18.0 Å². The zero-order chi connectivity index (χ0) is 12.4. The average molecular weight is 236 g/mol. The zero-order valence-corrected chi connectivity index (χ0v) is 9.80. The number of nitro benzene ring substituents is 1. The van der Waals surface area contributed by atoms with Gasteiger partial charge in [0.25, 0.3) is 5.69 Å². The van der Waals surface area contributed by atoms with Crippen molar-refractivity contribution in [3.63, 3.8) is 0 Å². The van der Waals surface area contributed by atoms with Gasteiger partial charge >= 0.3 is 0 Å². The Labute approximate surface area is 99.8 Å². The van der Waals surface area contributed by atoms with E-state index >= 15 is 0 Å². The summed E-state index contributed by atoms with van der Waals surface area (Å²) >= 11 is 0. The molecule has 0 bridgehead atoms. The first-order valence-electron chi connectivity index (χ1n) is 5.81. The van der Waals surface area contributed by atoms with Crippen molar-refractivity contribution in [2.45, 2.75) is 25.9 Å². The van der Waals surface area contributed by atoms with Crippen molar-refractivity contribution in [2.24, 2.45) is 0 Å². The maximum absolute atomic E-state index is 11.1. The lowest BCUT2D eigenvalue weighted by Crippen LogP contribution is -2.19. The van der Waals surface area contributed by atoms with Crippen LogP contribution in [-0.2, 0) is 0 Å². The third-order valence-corrected chi connectivity index (χ3v) is 3.13. The minimum atomic E-state index is -0.679. The van der Waals surface area contributed by atoms with Crippen LogP contribution in [0.3, 0.4) is 0 Å². The summed E-state index contributed by atoms with van der Waals surface area (Å²) in [4.78, 5) is 12.7. The van der Waals surface area contributed by atoms with E-state index in [1.54, 1.807) is 19.1 Å². The van der Waals surface area contributed by atoms with Crippen LogP contribution in [0.25, 0.3) is 0 Å². The molecular formula is C12H16N2O3. The number of benzene rings is 1. The van der Waals surface area contributed by atoms with E-state index in [4.69, 9.17) is 0 Å². The Balaban J connectivity index is 2.40. The molecule has 1 aliphatic rings. The molecule has 2 rings (SSSR count). The van der Waals surface area contributed by atoms with E-state index in [9.17, 15) is 15.2 Å². The van der Waals surface area contributed by atoms with Crippen LogP contribution in [-0.4, -0.2) is 23.1 Å². The molecule has 1 aliphatic heterocycles. The molecule has 0 spiro atoms. The van der Waals surface area contributed by atoms with Gasteiger partial charge in [-0.1, -0.05) is 6.07 Å². The highest BCUT2D eigenvalue weighted by atomic mass is 16.6. The van der Waals surface area contributed by atoms with Gasteiger partial charge in [-0.15, -0.1) is 0 Å². The van der Waals surface area contributed by atoms with E-state index in [0.29, 0.717) is 11.3 Å². The molecule has 0 unspecified atom stereocenters. The van der Waals surface area contributed by atoms with Crippen molar-refractivity contribution in [3.05, 3.63) is 33.9 Å². The first-order chi connectivity index (χ1) is 8.09. The Kier molecular flexibility index (Phi) is 3.28. The molecule has 1 aromatic carbocycles. The minimum Gasteiger partial charge on any atom is -0.389 e. The number of rotatable bonds is 3. The molecule has 5 nitrogen and oxygen atoms in total. The summed E-state index contributed by atoms with van der Waals surface area (Å²) in [6.45, 7) is 3.35. The van der Waals surface area contributed by atoms with Gasteiger partial charge in [-0.2, -0.15) is 0 Å². The highest BCUT2D eigenvalue weighted by Gasteiger charge is 2.22. The fraction of sp³-hybridized carbons (Fsp3) is 0.500. The van der Waals surface area contributed by atoms with Gasteiger partial charge in [0.2, 0.25) is 0 Å². The van der Waals surface area contributed by atoms with Gasteiger partial charge in [-0.3, -0.25) is 10.1 Å². The molecule has 0 radical (unpaired) electrons. The molecule has 1 heterocycles. The smallest absolute Gasteiger partial charge is 0.292 e. The van der Waals surface area contributed by atoms with Gasteiger partial charge in [-0.05, 0) is 31.4 Å². The first kappa shape index (κ1) is 11.9. The Hall–Kier alpha value is -1.62. The summed E-state index contributed by atoms with van der Waals surface area (Å²) in [6.07, 6.45) is 1.48. The molecule has 0 saturated carbocycles. The molecular weight excluding hydrogens is 220 g/mol. The molecule has 1 N–H and O–H groups in total. The van der Waals surface area contributed by atoms with Gasteiger partial charge < -0.3 is 10.0 Å². The minimum absolute atomic E-state index is 0.0882. The van der Waals surface area contributed by atoms with Crippen LogP contribution >= 0.6 is 0 Å². The summed E-state index contributed by atoms with van der Waals surface area (Å²) in [5.41, 5.74) is 1.34. The van der Waals surface area contributed by atoms with Crippen molar-refractivity contribution >= 4 is 11.4 Å². The molecule has 17 heavy (non-hydrogen) atoms. The maximum Gasteiger partial charge on any atom is 0.292 e. The van der Waals surface area contributed by atoms with E-state index in [0.717, 1.165) is 25.9 Å². The number of nitro groups is 1. The van der Waals surface area contributed by atoms with Gasteiger partial charge in [0.05, 0.1) is 11.0 Å². The van der Waals surface area contributed by atoms with E-state index < -0.39 is 6.10 Å². The van der Waals surface area contributed by atoms with Crippen LogP contribution in [0.5, 0.6) is 0 Å². The fourth-order valence-corrected chi connectivity index (χ4v) is 2.17. The summed E-state index contributed by atoms with van der Waals surface area (Å²) in [6, 6.07) is 4.97. The second-order valence-corrected chi connectivity index (χ2v) is 4.38. The van der Waals surface area contributed by atoms with Gasteiger partial charge in [0.15, 0.2) is 0 Å². The van der Waals surface area contributed by atoms with Crippen molar-refractivity contribution < 1.29 is 10.0 Å². The number of hydrogen-bond acceptors (Lipinski definition) is 4. The van der Waals surface area contributed by atoms with E-state index in [1.807, 2.05) is 4.90 Å². The van der Waals surface area contributed by atoms with Crippen molar-refractivity contribution in [1.82, 2.24) is 0 Å². The standard InChI is InChI=1S/C12H16N2O3/c1-9(15)10-4-5-11(12(8-10)14(16)17)13-6-2-3-7-13/h4-5,8-9,15H,2-3,6-7H2,1H3/t9-/m0/s1. The Morgan fingerprint density at radius 3 is 2.59 bits per heavy atom. The highest BCUT2D eigenvalue weighted by molar-refractivity contribution is 5.65. The SMILES string of the molecule is C[C@H](O)c1ccc(N2CCCC2)c([N+](=O)[O-])c1. The largest absolute Gasteiger partial charge is 0.389 e. The number of anilines is 1. The molecule has 1 fully saturated rings. The van der Waals surface area contributed by atoms with Crippen molar-refractivity contribution in [3.8, 4) is 0 Å². The van der Waals surface area contributed by atoms with Crippen LogP contribution < -0.4 is 4.90 Å². The maximum atomic E-state index is 11.1. The Bertz CT molecular complexity index is 426. The molecule has 92 valence electrons. The van der Waals surface area contributed by atoms with Gasteiger partial charge in [-0.25, -0.2) is 0 Å². The quantitative estimate of drug-likeness (QED) is 0.645. The number of aliphatic hydroxyl groups is 1. The van der Waals surface area contributed by atoms with Gasteiger partial charge in [0.1, 0.15) is 5.69 Å². The number of nitrogens with zero attached hydrogens (tertiary/aromatic N) is 2. The molecule has 1 saturated heterocycles. The predicted octanol–water partition coefficient (Wildman–Crippen LogP) is 2.25. The molecule has 1 atom stereocenters. The predicted molar refractivity (Wildman–Crippen MR) is 65.2 cm³/mol. The third kappa shape index (κ3) is 2.39. The summed E-state index contributed by atoms with van der Waals surface area (Å²) in [7, 11) is 0. The third-order valence-electron chi connectivity index (χ3n) is 3.13. The van der Waals surface area contributed by atoms with Crippen LogP contribution in [0, 0.1) is 10.1 Å². The van der Waals surface area contributed by atoms with E-state index in [1.165, 1.54) is 6.07 Å². The Morgan fingerprint density at radius 2 is 2.06 bits per heavy atom. The lowest BCUT2D eigenvalue weighted by Gasteiger charge is -2.18. The monoisotopic (exact) mass is 236 g/mol. The zero-order valence-electron chi connectivity index (χ0n) is 9.80. The molecule has 0 aliphatic carbocycles. The molecule has 0 aromatic heterocycles. The van der Waals surface area contributed by atoms with Gasteiger partial charge in [0, 0.05) is 19.2 Å². The number of aliphatic hydroxyl groups excluding tert-OH is 1. The second-order valence-electron chi connectivity index (χ2n) is 4.38. The Morgan fingerprint density at radius 1 is 1.41 bits per heavy atom. The van der Waals surface area contributed by atoms with Crippen LogP contribution in [0.15, 0.2) is 18.2 Å². The molecule has 0 amide bonds. The summed E-state index contributed by atoms with van der Waals surface area (Å²) in [5, 5.41) is 20.5. The van der Waals surface area contributed by atoms with Crippen LogP contribution in [0.4, 0.5) is 11.4 Å². The van der Waals surface area contributed by atoms with Crippen molar-refractivity contribution in [1.29, 1.82) is 0 Å². The number of hydrogen-bond donors (Lipinski definition) is 1. The highest BCUT2D eigenvalue weighted by Crippen LogP contribution is 2.32. The second kappa shape index (κ2) is 4.71. The summed E-state index contributed by atoms with van der Waals surface area (Å²) < 4.78 is 0.